The molecule has 0 radical (unpaired) electrons. The van der Waals surface area contributed by atoms with E-state index in [-0.39, 0.29) is 22.3 Å². The minimum Gasteiger partial charge on any atom is -0.359 e. The zero-order chi connectivity index (χ0) is 72.7. The zero-order valence-corrected chi connectivity index (χ0v) is 64.3. The summed E-state index contributed by atoms with van der Waals surface area (Å²) in [6, 6.07) is 26.6. The molecule has 0 unspecified atom stereocenters. The molecule has 522 valence electrons. The van der Waals surface area contributed by atoms with Gasteiger partial charge in [-0.15, -0.1) is 0 Å². The van der Waals surface area contributed by atoms with E-state index in [1.165, 1.54) is 151 Å². The highest BCUT2D eigenvalue weighted by molar-refractivity contribution is 6.02. The molecule has 1 atom stereocenters. The Labute approximate surface area is 599 Å². The molecule has 5 aromatic carbocycles. The van der Waals surface area contributed by atoms with Crippen LogP contribution in [0.1, 0.15) is 141 Å². The molecule has 0 aliphatic carbocycles. The highest BCUT2D eigenvalue weighted by atomic mass is 15.4. The van der Waals surface area contributed by atoms with E-state index in [0.717, 1.165) is 51.6 Å². The number of aromatic nitrogens is 18. The van der Waals surface area contributed by atoms with Gasteiger partial charge in [-0.1, -0.05) is 41.4 Å². The number of benzene rings is 5. The van der Waals surface area contributed by atoms with Crippen LogP contribution in [0.3, 0.4) is 0 Å². The summed E-state index contributed by atoms with van der Waals surface area (Å²) in [6.45, 7) is 46.3. The van der Waals surface area contributed by atoms with Crippen LogP contribution in [-0.4, -0.2) is 88.5 Å². The minimum absolute atomic E-state index is 0.160. The third-order valence-corrected chi connectivity index (χ3v) is 24.7. The van der Waals surface area contributed by atoms with Gasteiger partial charge in [0.15, 0.2) is 22.9 Å². The summed E-state index contributed by atoms with van der Waals surface area (Å²) in [7, 11) is 8.53. The fraction of sp³-hybridized carbons (Fsp3) is 0.361. The van der Waals surface area contributed by atoms with Crippen LogP contribution in [0, 0.1) is 83.1 Å². The van der Waals surface area contributed by atoms with Crippen molar-refractivity contribution in [3.05, 3.63) is 189 Å². The first-order valence-corrected chi connectivity index (χ1v) is 36.2. The van der Waals surface area contributed by atoms with Crippen molar-refractivity contribution in [2.24, 2.45) is 21.1 Å². The molecular weight excluding hydrogens is 1280 g/mol. The summed E-state index contributed by atoms with van der Waals surface area (Å²) in [6.07, 6.45) is 10.4. The highest BCUT2D eigenvalue weighted by Gasteiger charge is 2.49. The standard InChI is InChI=1S/C23H24N5.C20H25N5.2C20H22N5/c1-13-11-12-18-20-19(13)21-25(6)16-9-7-8-10-17(16)27(21)23(4,5)28(20)22-24-14(2)15(3)26(18)22;1-11-8-9-15-18-17(11)24-14(4)22(7)10-16(24)20(5,6)25(18)19-21-12(2)13(3)23(15)19;1-11-7-8-15-18-16(11)17-14(9-21-10-23(17)6)20(4,5)25(18)19-22-12(2)13(3)24(15)19;1-11-7-8-14-16-15(11)17-18(21-9-10-23(17)6)20(4,5)25(16)19-22-12(2)13(3)24(14)19/h7-12H,1-6H3;8-10,14H,1-7H3;2*7-10H,1-6H3/q+1;;2*+1/t;14-;;/m.0../s1. The lowest BCUT2D eigenvalue weighted by atomic mass is 9.85. The van der Waals surface area contributed by atoms with Gasteiger partial charge >= 0.3 is 0 Å². The molecule has 0 fully saturated rings. The summed E-state index contributed by atoms with van der Waals surface area (Å²) >= 11 is 0. The number of hydrogen-bond acceptors (Lipinski definition) is 8. The van der Waals surface area contributed by atoms with Gasteiger partial charge in [0.2, 0.25) is 28.8 Å². The van der Waals surface area contributed by atoms with Gasteiger partial charge in [-0.05, 0) is 204 Å². The number of imidazole rings is 9. The lowest BCUT2D eigenvalue weighted by Gasteiger charge is -2.43. The Balaban J connectivity index is 0.0000000982. The molecule has 5 aliphatic rings. The van der Waals surface area contributed by atoms with Crippen LogP contribution in [-0.2, 0) is 43.4 Å². The van der Waals surface area contributed by atoms with E-state index in [1.54, 1.807) is 0 Å². The largest absolute Gasteiger partial charge is 0.359 e. The average molecular weight is 1370 g/mol. The third kappa shape index (κ3) is 7.82. The average Bonchev–Trinajstić information content (AvgIpc) is 1.55. The Morgan fingerprint density at radius 1 is 0.447 bits per heavy atom. The summed E-state index contributed by atoms with van der Waals surface area (Å²) in [4.78, 5) is 33.8. The SMILES string of the molecule is Cc1ccc2c3c1-c1c(cnc[n+]1C)C(C)(C)n3c1nc(C)c(C)n21.Cc1ccc2c3c1-c1c(ncc[n+]1C)C(C)(C)n3c1nc(C)c(C)n21.Cc1ccc2c3c1-c1n(c4ccccc4[n+]1C)C(C)(C)n3c1nc(C)c(C)n21.Cc1ccc2c3c1N1C(=CN(C)[C@@H]1C)C(C)(C)n3c1nc(C)c(C)n21. The van der Waals surface area contributed by atoms with Crippen molar-refractivity contribution in [3.8, 4) is 33.9 Å². The van der Waals surface area contributed by atoms with Crippen molar-refractivity contribution in [1.29, 1.82) is 0 Å². The summed E-state index contributed by atoms with van der Waals surface area (Å²) in [5, 5.41) is 0. The van der Waals surface area contributed by atoms with Crippen molar-refractivity contribution in [3.63, 3.8) is 0 Å². The van der Waals surface area contributed by atoms with Gasteiger partial charge in [-0.2, -0.15) is 9.13 Å². The van der Waals surface area contributed by atoms with Crippen LogP contribution >= 0.6 is 0 Å². The van der Waals surface area contributed by atoms with Crippen molar-refractivity contribution in [1.82, 2.24) is 75.2 Å². The fourth-order valence-corrected chi connectivity index (χ4v) is 18.8. The maximum atomic E-state index is 4.99. The summed E-state index contributed by atoms with van der Waals surface area (Å²) < 4.78 is 28.1. The molecule has 21 rings (SSSR count). The van der Waals surface area contributed by atoms with Gasteiger partial charge in [0.25, 0.3) is 12.2 Å². The molecule has 16 aromatic rings. The lowest BCUT2D eigenvalue weighted by molar-refractivity contribution is -0.664. The van der Waals surface area contributed by atoms with E-state index in [0.29, 0.717) is 6.17 Å². The van der Waals surface area contributed by atoms with Crippen LogP contribution < -0.4 is 18.6 Å². The zero-order valence-electron chi connectivity index (χ0n) is 64.3. The molecule has 0 spiro atoms. The van der Waals surface area contributed by atoms with E-state index in [2.05, 4.69) is 322 Å². The monoisotopic (exact) mass is 1370 g/mol. The van der Waals surface area contributed by atoms with Crippen molar-refractivity contribution in [2.45, 2.75) is 174 Å². The fourth-order valence-electron chi connectivity index (χ4n) is 18.8. The highest BCUT2D eigenvalue weighted by Crippen LogP contribution is 2.52. The maximum absolute atomic E-state index is 4.99. The molecule has 0 saturated heterocycles. The van der Waals surface area contributed by atoms with Crippen LogP contribution in [0.4, 0.5) is 5.69 Å². The quantitative estimate of drug-likeness (QED) is 0.137. The van der Waals surface area contributed by atoms with Crippen molar-refractivity contribution < 1.29 is 13.7 Å². The number of rotatable bonds is 0. The van der Waals surface area contributed by atoms with Crippen LogP contribution in [0.2, 0.25) is 0 Å². The van der Waals surface area contributed by atoms with E-state index < -0.39 is 0 Å². The molecular formula is C83H93N20+3. The topological polar surface area (TPSA) is 138 Å². The molecule has 16 heterocycles. The Morgan fingerprint density at radius 2 is 0.893 bits per heavy atom. The molecule has 103 heavy (non-hydrogen) atoms. The molecule has 20 nitrogen and oxygen atoms in total. The number of fused-ring (bicyclic) bond motifs is 22. The number of hydrogen-bond donors (Lipinski definition) is 0. The number of anilines is 1. The second-order valence-corrected chi connectivity index (χ2v) is 32.1. The number of allylic oxidation sites excluding steroid dienone is 1. The Hall–Kier alpha value is -10.9. The molecule has 0 bridgehead atoms. The Kier molecular flexibility index (Phi) is 12.9. The first-order chi connectivity index (χ1) is 48.8. The van der Waals surface area contributed by atoms with E-state index in [4.69, 9.17) is 24.9 Å². The van der Waals surface area contributed by atoms with Gasteiger partial charge in [0.05, 0.1) is 137 Å². The van der Waals surface area contributed by atoms with Gasteiger partial charge in [0, 0.05) is 36.0 Å². The number of nitrogens with zero attached hydrogens (tertiary/aromatic N) is 20. The van der Waals surface area contributed by atoms with Gasteiger partial charge in [-0.3, -0.25) is 35.9 Å². The normalized spacial score (nSPS) is 16.6. The number of aryl methyl sites for hydroxylation is 15. The Morgan fingerprint density at radius 3 is 1.43 bits per heavy atom. The predicted octanol–water partition coefficient (Wildman–Crippen LogP) is 14.5. The van der Waals surface area contributed by atoms with Crippen molar-refractivity contribution >= 4 is 84.0 Å². The molecule has 5 aliphatic heterocycles. The minimum atomic E-state index is -0.287. The second-order valence-electron chi connectivity index (χ2n) is 32.1. The van der Waals surface area contributed by atoms with Gasteiger partial charge in [0.1, 0.15) is 30.8 Å². The third-order valence-electron chi connectivity index (χ3n) is 24.7. The maximum Gasteiger partial charge on any atom is 0.294 e. The lowest BCUT2D eigenvalue weighted by Crippen LogP contribution is -2.45. The molecule has 20 heteroatoms. The number of para-hydroxylation sites is 2. The molecule has 0 saturated carbocycles. The smallest absolute Gasteiger partial charge is 0.294 e. The second kappa shape index (κ2) is 20.7. The van der Waals surface area contributed by atoms with Gasteiger partial charge in [-0.25, -0.2) is 34.1 Å². The van der Waals surface area contributed by atoms with E-state index in [9.17, 15) is 0 Å². The predicted molar refractivity (Wildman–Crippen MR) is 409 cm³/mol. The molecule has 0 amide bonds. The summed E-state index contributed by atoms with van der Waals surface area (Å²) in [5.74, 6) is 5.34. The van der Waals surface area contributed by atoms with Crippen LogP contribution in [0.25, 0.3) is 112 Å². The first kappa shape index (κ1) is 64.2. The van der Waals surface area contributed by atoms with E-state index >= 15 is 0 Å². The first-order valence-electron chi connectivity index (χ1n) is 36.2. The Bertz CT molecular complexity index is 6360. The van der Waals surface area contributed by atoms with E-state index in [1.807, 2.05) is 24.9 Å². The van der Waals surface area contributed by atoms with Crippen molar-refractivity contribution in [2.75, 3.05) is 11.9 Å². The van der Waals surface area contributed by atoms with Crippen LogP contribution in [0.5, 0.6) is 0 Å². The van der Waals surface area contributed by atoms with Crippen LogP contribution in [0.15, 0.2) is 110 Å². The molecule has 11 aromatic heterocycles. The molecule has 0 N–H and O–H groups in total. The summed E-state index contributed by atoms with van der Waals surface area (Å²) in [5.41, 5.74) is 37.3. The van der Waals surface area contributed by atoms with Gasteiger partial charge < -0.3 is 9.80 Å².